The van der Waals surface area contributed by atoms with E-state index in [9.17, 15) is 0 Å². The van der Waals surface area contributed by atoms with Crippen LogP contribution in [0.3, 0.4) is 0 Å². The fourth-order valence-corrected chi connectivity index (χ4v) is 6.21. The number of thiophene rings is 1. The third kappa shape index (κ3) is 4.29. The summed E-state index contributed by atoms with van der Waals surface area (Å²) in [6.45, 7) is 5.87. The lowest BCUT2D eigenvalue weighted by Gasteiger charge is -2.09. The van der Waals surface area contributed by atoms with Crippen LogP contribution in [0.5, 0.6) is 0 Å². The minimum Gasteiger partial charge on any atom is -0.246 e. The first-order valence-electron chi connectivity index (χ1n) is 13.2. The molecule has 0 spiro atoms. The maximum Gasteiger partial charge on any atom is 0.120 e. The molecule has 7 rings (SSSR count). The van der Waals surface area contributed by atoms with Crippen molar-refractivity contribution in [1.82, 2.24) is 9.97 Å². The van der Waals surface area contributed by atoms with Crippen molar-refractivity contribution < 1.29 is 0 Å². The predicted molar refractivity (Wildman–Crippen MR) is 172 cm³/mol. The van der Waals surface area contributed by atoms with Gasteiger partial charge in [0.2, 0.25) is 0 Å². The fraction of sp³-hybridized carbons (Fsp3) is 0.0278. The summed E-state index contributed by atoms with van der Waals surface area (Å²) < 4.78 is 1.24. The van der Waals surface area contributed by atoms with Gasteiger partial charge in [-0.3, -0.25) is 0 Å². The Kier molecular flexibility index (Phi) is 6.03. The first-order chi connectivity index (χ1) is 19.7. The van der Waals surface area contributed by atoms with Crippen molar-refractivity contribution in [3.63, 3.8) is 0 Å². The number of nitrogens with zero attached hydrogens (tertiary/aromatic N) is 3. The predicted octanol–water partition coefficient (Wildman–Crippen LogP) is 10.2. The Hall–Kier alpha value is -4.93. The molecule has 0 fully saturated rings. The second-order valence-electron chi connectivity index (χ2n) is 9.80. The van der Waals surface area contributed by atoms with E-state index in [1.165, 1.54) is 26.8 Å². The monoisotopic (exact) mass is 531 g/mol. The number of allylic oxidation sites excluding steroid dienone is 1. The number of aromatic nitrogens is 2. The largest absolute Gasteiger partial charge is 0.246 e. The SMILES string of the molecule is C=CC=Nc1sc2ccc(-c3ccc(-c4ccc5ccc6ccc(-c7ccccc7)nc6c5n4)cc3)cc2c1C. The van der Waals surface area contributed by atoms with Crippen LogP contribution in [0.25, 0.3) is 65.5 Å². The van der Waals surface area contributed by atoms with Gasteiger partial charge >= 0.3 is 0 Å². The highest BCUT2D eigenvalue weighted by Crippen LogP contribution is 2.39. The smallest absolute Gasteiger partial charge is 0.120 e. The van der Waals surface area contributed by atoms with Crippen LogP contribution in [-0.2, 0) is 0 Å². The zero-order chi connectivity index (χ0) is 27.1. The molecule has 40 heavy (non-hydrogen) atoms. The van der Waals surface area contributed by atoms with Crippen molar-refractivity contribution in [3.05, 3.63) is 127 Å². The van der Waals surface area contributed by atoms with Crippen LogP contribution in [0.15, 0.2) is 127 Å². The molecule has 4 heteroatoms. The van der Waals surface area contributed by atoms with Crippen molar-refractivity contribution in [2.75, 3.05) is 0 Å². The maximum absolute atomic E-state index is 5.11. The van der Waals surface area contributed by atoms with Gasteiger partial charge in [0.15, 0.2) is 0 Å². The van der Waals surface area contributed by atoms with E-state index in [1.54, 1.807) is 23.6 Å². The van der Waals surface area contributed by atoms with E-state index in [0.29, 0.717) is 0 Å². The van der Waals surface area contributed by atoms with Crippen LogP contribution in [0.2, 0.25) is 0 Å². The minimum absolute atomic E-state index is 0.921. The van der Waals surface area contributed by atoms with Gasteiger partial charge in [0.25, 0.3) is 0 Å². The van der Waals surface area contributed by atoms with Gasteiger partial charge in [-0.2, -0.15) is 0 Å². The van der Waals surface area contributed by atoms with Crippen LogP contribution in [0, 0.1) is 6.92 Å². The Morgan fingerprint density at radius 3 is 1.88 bits per heavy atom. The van der Waals surface area contributed by atoms with Crippen molar-refractivity contribution in [1.29, 1.82) is 0 Å². The normalized spacial score (nSPS) is 11.6. The maximum atomic E-state index is 5.11. The lowest BCUT2D eigenvalue weighted by Crippen LogP contribution is -1.91. The molecule has 0 bridgehead atoms. The summed E-state index contributed by atoms with van der Waals surface area (Å²) in [6, 6.07) is 38.3. The Morgan fingerprint density at radius 2 is 1.23 bits per heavy atom. The zero-order valence-corrected chi connectivity index (χ0v) is 22.8. The number of aliphatic imine (C=N–C) groups is 1. The summed E-state index contributed by atoms with van der Waals surface area (Å²) in [5, 5.41) is 4.45. The van der Waals surface area contributed by atoms with E-state index < -0.39 is 0 Å². The highest BCUT2D eigenvalue weighted by atomic mass is 32.1. The molecule has 0 saturated carbocycles. The molecule has 0 amide bonds. The van der Waals surface area contributed by atoms with Crippen LogP contribution in [-0.4, -0.2) is 16.2 Å². The van der Waals surface area contributed by atoms with Gasteiger partial charge in [-0.1, -0.05) is 97.6 Å². The van der Waals surface area contributed by atoms with Gasteiger partial charge in [0.1, 0.15) is 5.00 Å². The standard InChI is InChI=1S/C36H25N3S/c1-3-21-37-36-23(2)30-22-29(17-20-33(30)40-36)24-9-11-26(12-10-24)32-19-16-28-14-13-27-15-18-31(25-7-5-4-6-8-25)38-34(27)35(28)39-32/h3-22H,1H2,2H3. The van der Waals surface area contributed by atoms with Crippen LogP contribution >= 0.6 is 11.3 Å². The van der Waals surface area contributed by atoms with E-state index in [4.69, 9.17) is 9.97 Å². The second-order valence-corrected chi connectivity index (χ2v) is 10.8. The molecule has 3 aromatic heterocycles. The lowest BCUT2D eigenvalue weighted by molar-refractivity contribution is 1.36. The summed E-state index contributed by atoms with van der Waals surface area (Å²) >= 11 is 1.71. The molecule has 0 aliphatic heterocycles. The summed E-state index contributed by atoms with van der Waals surface area (Å²) in [7, 11) is 0. The number of benzene rings is 4. The molecule has 3 nitrogen and oxygen atoms in total. The number of rotatable bonds is 5. The number of hydrogen-bond donors (Lipinski definition) is 0. The average Bonchev–Trinajstić information content (AvgIpc) is 3.34. The summed E-state index contributed by atoms with van der Waals surface area (Å²) in [6.07, 6.45) is 3.46. The molecule has 0 atom stereocenters. The molecule has 0 unspecified atom stereocenters. The molecule has 3 heterocycles. The third-order valence-electron chi connectivity index (χ3n) is 7.31. The third-order valence-corrected chi connectivity index (χ3v) is 8.49. The molecule has 0 radical (unpaired) electrons. The Morgan fingerprint density at radius 1 is 0.650 bits per heavy atom. The second kappa shape index (κ2) is 9.99. The van der Waals surface area contributed by atoms with E-state index in [-0.39, 0.29) is 0 Å². The molecule has 0 aliphatic carbocycles. The van der Waals surface area contributed by atoms with Crippen LogP contribution in [0.4, 0.5) is 5.00 Å². The van der Waals surface area contributed by atoms with E-state index in [0.717, 1.165) is 49.3 Å². The Balaban J connectivity index is 1.26. The molecular formula is C36H25N3S. The lowest BCUT2D eigenvalue weighted by atomic mass is 10.0. The number of aryl methyl sites for hydroxylation is 1. The van der Waals surface area contributed by atoms with Gasteiger partial charge in [0, 0.05) is 32.8 Å². The molecule has 7 aromatic rings. The topological polar surface area (TPSA) is 38.1 Å². The Labute approximate surface area is 236 Å². The summed E-state index contributed by atoms with van der Waals surface area (Å²) in [4.78, 5) is 14.7. The van der Waals surface area contributed by atoms with E-state index >= 15 is 0 Å². The zero-order valence-electron chi connectivity index (χ0n) is 22.0. The van der Waals surface area contributed by atoms with Gasteiger partial charge in [-0.25, -0.2) is 15.0 Å². The first-order valence-corrected chi connectivity index (χ1v) is 14.0. The molecule has 0 N–H and O–H groups in total. The summed E-state index contributed by atoms with van der Waals surface area (Å²) in [5.74, 6) is 0. The van der Waals surface area contributed by atoms with Crippen molar-refractivity contribution in [2.45, 2.75) is 6.92 Å². The van der Waals surface area contributed by atoms with Crippen LogP contribution < -0.4 is 0 Å². The van der Waals surface area contributed by atoms with Gasteiger partial charge in [-0.15, -0.1) is 11.3 Å². The quantitative estimate of drug-likeness (QED) is 0.164. The van der Waals surface area contributed by atoms with Gasteiger partial charge in [-0.05, 0) is 53.3 Å². The molecule has 0 saturated heterocycles. The number of hydrogen-bond acceptors (Lipinski definition) is 4. The molecule has 190 valence electrons. The molecular weight excluding hydrogens is 506 g/mol. The molecule has 0 aliphatic rings. The number of fused-ring (bicyclic) bond motifs is 4. The minimum atomic E-state index is 0.921. The fourth-order valence-electron chi connectivity index (χ4n) is 5.16. The van der Waals surface area contributed by atoms with Gasteiger partial charge in [0.05, 0.1) is 22.4 Å². The summed E-state index contributed by atoms with van der Waals surface area (Å²) in [5.41, 5.74) is 9.48. The van der Waals surface area contributed by atoms with E-state index in [1.807, 2.05) is 18.2 Å². The highest BCUT2D eigenvalue weighted by Gasteiger charge is 2.11. The first kappa shape index (κ1) is 24.1. The van der Waals surface area contributed by atoms with Crippen molar-refractivity contribution in [2.24, 2.45) is 4.99 Å². The molecule has 4 aromatic carbocycles. The highest BCUT2D eigenvalue weighted by molar-refractivity contribution is 7.22. The average molecular weight is 532 g/mol. The van der Waals surface area contributed by atoms with Crippen LogP contribution in [0.1, 0.15) is 5.56 Å². The van der Waals surface area contributed by atoms with Crippen molar-refractivity contribution >= 4 is 54.4 Å². The Bertz CT molecular complexity index is 2070. The van der Waals surface area contributed by atoms with E-state index in [2.05, 4.69) is 109 Å². The van der Waals surface area contributed by atoms with Gasteiger partial charge < -0.3 is 0 Å². The number of pyridine rings is 2. The van der Waals surface area contributed by atoms with Crippen molar-refractivity contribution in [3.8, 4) is 33.6 Å².